The van der Waals surface area contributed by atoms with Gasteiger partial charge < -0.3 is 5.32 Å². The van der Waals surface area contributed by atoms with Gasteiger partial charge in [-0.05, 0) is 30.7 Å². The van der Waals surface area contributed by atoms with Crippen LogP contribution in [0.15, 0.2) is 30.6 Å². The number of nitrogens with zero attached hydrogens (tertiary/aromatic N) is 2. The van der Waals surface area contributed by atoms with E-state index in [1.54, 1.807) is 4.68 Å². The van der Waals surface area contributed by atoms with Crippen LogP contribution in [0.25, 0.3) is 0 Å². The van der Waals surface area contributed by atoms with Crippen molar-refractivity contribution in [2.24, 2.45) is 7.05 Å². The van der Waals surface area contributed by atoms with Crippen molar-refractivity contribution in [3.63, 3.8) is 0 Å². The summed E-state index contributed by atoms with van der Waals surface area (Å²) < 4.78 is 1.81. The van der Waals surface area contributed by atoms with Crippen LogP contribution < -0.4 is 5.32 Å². The maximum Gasteiger partial charge on any atom is 0.0522 e. The van der Waals surface area contributed by atoms with Crippen LogP contribution in [-0.2, 0) is 20.0 Å². The van der Waals surface area contributed by atoms with E-state index in [4.69, 9.17) is 23.2 Å². The lowest BCUT2D eigenvalue weighted by Gasteiger charge is -2.08. The fraction of sp³-hybridized carbons (Fsp3) is 0.308. The number of hydrogen-bond acceptors (Lipinski definition) is 2. The van der Waals surface area contributed by atoms with Crippen LogP contribution in [0, 0.1) is 0 Å². The molecule has 0 aliphatic rings. The van der Waals surface area contributed by atoms with Gasteiger partial charge in [-0.2, -0.15) is 5.10 Å². The molecule has 0 saturated carbocycles. The van der Waals surface area contributed by atoms with Crippen molar-refractivity contribution in [1.82, 2.24) is 15.1 Å². The Morgan fingerprint density at radius 1 is 1.28 bits per heavy atom. The first-order valence-electron chi connectivity index (χ1n) is 5.78. The van der Waals surface area contributed by atoms with Gasteiger partial charge in [-0.3, -0.25) is 4.68 Å². The Morgan fingerprint density at radius 3 is 2.61 bits per heavy atom. The highest BCUT2D eigenvalue weighted by Gasteiger charge is 2.04. The number of rotatable bonds is 5. The Balaban J connectivity index is 1.82. The van der Waals surface area contributed by atoms with E-state index in [1.165, 1.54) is 5.56 Å². The molecule has 5 heteroatoms. The second-order valence-electron chi connectivity index (χ2n) is 4.15. The van der Waals surface area contributed by atoms with Gasteiger partial charge in [-0.15, -0.1) is 0 Å². The summed E-state index contributed by atoms with van der Waals surface area (Å²) in [6.07, 6.45) is 4.84. The molecule has 0 saturated heterocycles. The summed E-state index contributed by atoms with van der Waals surface area (Å²) in [6.45, 7) is 1.55. The Bertz CT molecular complexity index is 502. The minimum absolute atomic E-state index is 0.679. The number of aryl methyl sites for hydroxylation is 1. The lowest BCUT2D eigenvalue weighted by molar-refractivity contribution is 0.686. The van der Waals surface area contributed by atoms with Gasteiger partial charge in [0.1, 0.15) is 0 Å². The second kappa shape index (κ2) is 6.23. The first kappa shape index (κ1) is 13.4. The molecule has 1 heterocycles. The van der Waals surface area contributed by atoms with E-state index in [9.17, 15) is 0 Å². The topological polar surface area (TPSA) is 29.9 Å². The largest absolute Gasteiger partial charge is 0.312 e. The average molecular weight is 284 g/mol. The number of hydrogen-bond donors (Lipinski definition) is 1. The summed E-state index contributed by atoms with van der Waals surface area (Å²) in [7, 11) is 1.92. The molecule has 1 aromatic carbocycles. The molecule has 18 heavy (non-hydrogen) atoms. The number of benzene rings is 1. The SMILES string of the molecule is Cn1cc(CCNCc2c(Cl)cccc2Cl)cn1. The third-order valence-electron chi connectivity index (χ3n) is 2.71. The molecule has 2 aromatic rings. The maximum atomic E-state index is 6.09. The van der Waals surface area contributed by atoms with Gasteiger partial charge >= 0.3 is 0 Å². The highest BCUT2D eigenvalue weighted by Crippen LogP contribution is 2.23. The van der Waals surface area contributed by atoms with Crippen molar-refractivity contribution < 1.29 is 0 Å². The fourth-order valence-corrected chi connectivity index (χ4v) is 2.28. The van der Waals surface area contributed by atoms with Crippen LogP contribution >= 0.6 is 23.2 Å². The van der Waals surface area contributed by atoms with Gasteiger partial charge in [0.25, 0.3) is 0 Å². The molecule has 96 valence electrons. The predicted molar refractivity (Wildman–Crippen MR) is 75.1 cm³/mol. The third kappa shape index (κ3) is 3.48. The van der Waals surface area contributed by atoms with E-state index in [1.807, 2.05) is 37.6 Å². The lowest BCUT2D eigenvalue weighted by atomic mass is 10.2. The van der Waals surface area contributed by atoms with E-state index in [0.717, 1.165) is 18.5 Å². The van der Waals surface area contributed by atoms with Crippen LogP contribution in [0.5, 0.6) is 0 Å². The summed E-state index contributed by atoms with van der Waals surface area (Å²) in [6, 6.07) is 5.56. The van der Waals surface area contributed by atoms with Gasteiger partial charge in [-0.25, -0.2) is 0 Å². The minimum Gasteiger partial charge on any atom is -0.312 e. The van der Waals surface area contributed by atoms with E-state index < -0.39 is 0 Å². The molecule has 1 N–H and O–H groups in total. The van der Waals surface area contributed by atoms with E-state index >= 15 is 0 Å². The zero-order valence-electron chi connectivity index (χ0n) is 10.2. The van der Waals surface area contributed by atoms with Crippen molar-refractivity contribution in [2.45, 2.75) is 13.0 Å². The summed E-state index contributed by atoms with van der Waals surface area (Å²) in [5, 5.41) is 8.87. The van der Waals surface area contributed by atoms with Crippen molar-refractivity contribution in [2.75, 3.05) is 6.54 Å². The first-order valence-corrected chi connectivity index (χ1v) is 6.53. The molecular formula is C13H15Cl2N3. The zero-order valence-corrected chi connectivity index (χ0v) is 11.7. The van der Waals surface area contributed by atoms with E-state index in [0.29, 0.717) is 16.6 Å². The van der Waals surface area contributed by atoms with Gasteiger partial charge in [0.15, 0.2) is 0 Å². The number of halogens is 2. The average Bonchev–Trinajstić information content (AvgIpc) is 2.73. The molecular weight excluding hydrogens is 269 g/mol. The van der Waals surface area contributed by atoms with Crippen LogP contribution in [-0.4, -0.2) is 16.3 Å². The second-order valence-corrected chi connectivity index (χ2v) is 4.96. The molecule has 2 rings (SSSR count). The quantitative estimate of drug-likeness (QED) is 0.855. The third-order valence-corrected chi connectivity index (χ3v) is 3.42. The minimum atomic E-state index is 0.679. The molecule has 3 nitrogen and oxygen atoms in total. The summed E-state index contributed by atoms with van der Waals surface area (Å²) >= 11 is 12.2. The molecule has 0 atom stereocenters. The van der Waals surface area contributed by atoms with Gasteiger partial charge in [-0.1, -0.05) is 29.3 Å². The highest BCUT2D eigenvalue weighted by molar-refractivity contribution is 6.35. The van der Waals surface area contributed by atoms with Gasteiger partial charge in [0, 0.05) is 35.4 Å². The monoisotopic (exact) mass is 283 g/mol. The smallest absolute Gasteiger partial charge is 0.0522 e. The summed E-state index contributed by atoms with van der Waals surface area (Å²) in [5.41, 5.74) is 2.17. The molecule has 0 spiro atoms. The van der Waals surface area contributed by atoms with Crippen LogP contribution in [0.3, 0.4) is 0 Å². The normalized spacial score (nSPS) is 10.8. The van der Waals surface area contributed by atoms with Crippen LogP contribution in [0.1, 0.15) is 11.1 Å². The Kier molecular flexibility index (Phi) is 4.64. The predicted octanol–water partition coefficient (Wildman–Crippen LogP) is 3.06. The Morgan fingerprint density at radius 2 is 2.00 bits per heavy atom. The summed E-state index contributed by atoms with van der Waals surface area (Å²) in [5.74, 6) is 0. The van der Waals surface area contributed by atoms with E-state index in [2.05, 4.69) is 10.4 Å². The number of aromatic nitrogens is 2. The fourth-order valence-electron chi connectivity index (χ4n) is 1.75. The molecule has 0 aliphatic carbocycles. The van der Waals surface area contributed by atoms with Gasteiger partial charge in [0.05, 0.1) is 6.20 Å². The molecule has 0 radical (unpaired) electrons. The molecule has 1 aromatic heterocycles. The molecule has 0 aliphatic heterocycles. The Hall–Kier alpha value is -1.03. The zero-order chi connectivity index (χ0) is 13.0. The van der Waals surface area contributed by atoms with Crippen LogP contribution in [0.2, 0.25) is 10.0 Å². The van der Waals surface area contributed by atoms with Crippen LogP contribution in [0.4, 0.5) is 0 Å². The highest BCUT2D eigenvalue weighted by atomic mass is 35.5. The van der Waals surface area contributed by atoms with Gasteiger partial charge in [0.2, 0.25) is 0 Å². The molecule has 0 bridgehead atoms. The van der Waals surface area contributed by atoms with E-state index in [-0.39, 0.29) is 0 Å². The number of nitrogens with one attached hydrogen (secondary N) is 1. The molecule has 0 fully saturated rings. The maximum absolute atomic E-state index is 6.09. The Labute approximate surface area is 117 Å². The van der Waals surface area contributed by atoms with Crippen molar-refractivity contribution in [3.05, 3.63) is 51.8 Å². The lowest BCUT2D eigenvalue weighted by Crippen LogP contribution is -2.17. The standard InChI is InChI=1S/C13H15Cl2N3/c1-18-9-10(7-17-18)5-6-16-8-11-12(14)3-2-4-13(11)15/h2-4,7,9,16H,5-6,8H2,1H3. The van der Waals surface area contributed by atoms with Crippen molar-refractivity contribution >= 4 is 23.2 Å². The molecule has 0 amide bonds. The summed E-state index contributed by atoms with van der Waals surface area (Å²) in [4.78, 5) is 0. The molecule has 0 unspecified atom stereocenters. The van der Waals surface area contributed by atoms with Crippen molar-refractivity contribution in [1.29, 1.82) is 0 Å². The van der Waals surface area contributed by atoms with Crippen molar-refractivity contribution in [3.8, 4) is 0 Å². The first-order chi connectivity index (χ1) is 8.66.